The fourth-order valence-corrected chi connectivity index (χ4v) is 2.02. The Hall–Kier alpha value is -2.58. The zero-order valence-corrected chi connectivity index (χ0v) is 12.0. The van der Waals surface area contributed by atoms with Crippen LogP contribution in [0.1, 0.15) is 26.3 Å². The first-order valence-electron chi connectivity index (χ1n) is 6.53. The summed E-state index contributed by atoms with van der Waals surface area (Å²) in [6.07, 6.45) is 0.692. The Labute approximate surface area is 119 Å². The fraction of sp³-hybridized carbons (Fsp3) is 0.500. The maximum Gasteiger partial charge on any atom is 0.332 e. The van der Waals surface area contributed by atoms with Crippen molar-refractivity contribution in [2.24, 2.45) is 7.05 Å². The number of aromatic amines is 1. The largest absolute Gasteiger partial charge is 0.480 e. The van der Waals surface area contributed by atoms with E-state index in [1.54, 1.807) is 0 Å². The van der Waals surface area contributed by atoms with Crippen LogP contribution in [0.4, 0.5) is 5.95 Å². The molecule has 0 radical (unpaired) electrons. The van der Waals surface area contributed by atoms with Gasteiger partial charge in [-0.25, -0.2) is 4.79 Å². The summed E-state index contributed by atoms with van der Waals surface area (Å²) in [6, 6.07) is -0.137. The van der Waals surface area contributed by atoms with Gasteiger partial charge in [-0.15, -0.1) is 0 Å². The maximum atomic E-state index is 12.2. The van der Waals surface area contributed by atoms with E-state index in [0.717, 1.165) is 4.57 Å². The molecule has 0 aliphatic rings. The van der Waals surface area contributed by atoms with Gasteiger partial charge in [0.05, 0.1) is 0 Å². The first-order chi connectivity index (χ1) is 9.86. The summed E-state index contributed by atoms with van der Waals surface area (Å²) in [7, 11) is 1.40. The monoisotopic (exact) mass is 295 g/mol. The molecule has 2 rings (SSSR count). The van der Waals surface area contributed by atoms with Crippen molar-refractivity contribution in [1.82, 2.24) is 19.1 Å². The third-order valence-electron chi connectivity index (χ3n) is 3.36. The predicted molar refractivity (Wildman–Crippen MR) is 76.7 cm³/mol. The van der Waals surface area contributed by atoms with Crippen LogP contribution in [0.15, 0.2) is 9.59 Å². The number of anilines is 1. The van der Waals surface area contributed by atoms with Crippen molar-refractivity contribution in [3.63, 3.8) is 0 Å². The molecule has 21 heavy (non-hydrogen) atoms. The van der Waals surface area contributed by atoms with Crippen molar-refractivity contribution in [2.75, 3.05) is 11.9 Å². The molecule has 0 aliphatic heterocycles. The normalized spacial score (nSPS) is 12.5. The summed E-state index contributed by atoms with van der Waals surface area (Å²) < 4.78 is 2.44. The molecule has 0 saturated carbocycles. The molecule has 2 aromatic rings. The first-order valence-corrected chi connectivity index (χ1v) is 6.53. The van der Waals surface area contributed by atoms with Crippen LogP contribution in [0, 0.1) is 0 Å². The smallest absolute Gasteiger partial charge is 0.332 e. The van der Waals surface area contributed by atoms with Crippen molar-refractivity contribution in [1.29, 1.82) is 0 Å². The number of nitrogens with one attached hydrogen (secondary N) is 2. The van der Waals surface area contributed by atoms with Crippen LogP contribution in [0.25, 0.3) is 11.2 Å². The van der Waals surface area contributed by atoms with Crippen molar-refractivity contribution in [3.8, 4) is 0 Å². The number of carbonyl (C=O) groups is 1. The topological polar surface area (TPSA) is 122 Å². The highest BCUT2D eigenvalue weighted by atomic mass is 16.4. The molecule has 0 fully saturated rings. The number of nitrogens with zero attached hydrogens (tertiary/aromatic N) is 3. The van der Waals surface area contributed by atoms with Crippen LogP contribution in [0.2, 0.25) is 0 Å². The second-order valence-corrected chi connectivity index (χ2v) is 4.81. The van der Waals surface area contributed by atoms with Gasteiger partial charge < -0.3 is 15.4 Å². The Kier molecular flexibility index (Phi) is 3.83. The number of hydrogen-bond donors (Lipinski definition) is 3. The number of H-pyrrole nitrogens is 1. The van der Waals surface area contributed by atoms with Crippen molar-refractivity contribution < 1.29 is 9.90 Å². The molecule has 0 aliphatic carbocycles. The predicted octanol–water partition coefficient (Wildman–Crippen LogP) is -0.109. The van der Waals surface area contributed by atoms with Gasteiger partial charge >= 0.3 is 11.7 Å². The zero-order valence-electron chi connectivity index (χ0n) is 12.0. The van der Waals surface area contributed by atoms with E-state index >= 15 is 0 Å². The molecule has 0 bridgehead atoms. The summed E-state index contributed by atoms with van der Waals surface area (Å²) >= 11 is 0. The second kappa shape index (κ2) is 5.43. The molecule has 2 aromatic heterocycles. The lowest BCUT2D eigenvalue weighted by Crippen LogP contribution is -2.39. The third kappa shape index (κ3) is 2.54. The minimum Gasteiger partial charge on any atom is -0.480 e. The molecule has 2 heterocycles. The lowest BCUT2D eigenvalue weighted by atomic mass is 10.2. The average Bonchev–Trinajstić information content (AvgIpc) is 2.86. The highest BCUT2D eigenvalue weighted by molar-refractivity contribution is 5.75. The van der Waals surface area contributed by atoms with E-state index in [9.17, 15) is 14.4 Å². The summed E-state index contributed by atoms with van der Waals surface area (Å²) in [5.41, 5.74) is -0.542. The molecule has 1 atom stereocenters. The van der Waals surface area contributed by atoms with E-state index in [1.807, 2.05) is 13.8 Å². The Bertz CT molecular complexity index is 800. The van der Waals surface area contributed by atoms with Crippen molar-refractivity contribution in [3.05, 3.63) is 20.8 Å². The summed E-state index contributed by atoms with van der Waals surface area (Å²) in [5, 5.41) is 11.2. The van der Waals surface area contributed by atoms with Crippen LogP contribution < -0.4 is 16.6 Å². The number of fused-ring (bicyclic) bond motifs is 1. The van der Waals surface area contributed by atoms with E-state index in [2.05, 4.69) is 15.3 Å². The van der Waals surface area contributed by atoms with Gasteiger partial charge in [-0.05, 0) is 13.3 Å². The van der Waals surface area contributed by atoms with Crippen LogP contribution >= 0.6 is 0 Å². The number of carboxylic acids is 1. The molecule has 3 N–H and O–H groups in total. The Balaban J connectivity index is 2.69. The molecular weight excluding hydrogens is 278 g/mol. The van der Waals surface area contributed by atoms with Gasteiger partial charge in [0.2, 0.25) is 5.95 Å². The number of carboxylic acid groups (broad SMARTS) is 1. The van der Waals surface area contributed by atoms with E-state index in [-0.39, 0.29) is 29.7 Å². The summed E-state index contributed by atoms with van der Waals surface area (Å²) in [5.74, 6) is -0.908. The fourth-order valence-electron chi connectivity index (χ4n) is 2.02. The molecule has 0 saturated heterocycles. The van der Waals surface area contributed by atoms with E-state index < -0.39 is 17.2 Å². The molecule has 9 heteroatoms. The van der Waals surface area contributed by atoms with Gasteiger partial charge in [0, 0.05) is 13.1 Å². The standard InChI is InChI=1S/C12H17N5O4/c1-4-6(2)17-9-8(10(20)16(3)12(17)21)14-11(15-9)13-5-7(18)19/h6H,4-5H2,1-3H3,(H,18,19)(H2,13,14,15). The van der Waals surface area contributed by atoms with Crippen LogP contribution in [-0.4, -0.2) is 36.7 Å². The molecule has 0 spiro atoms. The minimum absolute atomic E-state index is 0.137. The summed E-state index contributed by atoms with van der Waals surface area (Å²) in [6.45, 7) is 3.43. The van der Waals surface area contributed by atoms with Gasteiger partial charge in [-0.2, -0.15) is 4.98 Å². The highest BCUT2D eigenvalue weighted by Crippen LogP contribution is 2.15. The molecule has 0 amide bonds. The molecule has 0 aromatic carbocycles. The molecular formula is C12H17N5O4. The Morgan fingerprint density at radius 1 is 1.48 bits per heavy atom. The SMILES string of the molecule is CCC(C)n1c(=O)n(C)c(=O)c2[nH]c(NCC(=O)O)nc21. The van der Waals surface area contributed by atoms with E-state index in [4.69, 9.17) is 5.11 Å². The van der Waals surface area contributed by atoms with Gasteiger partial charge in [-0.3, -0.25) is 18.7 Å². The minimum atomic E-state index is -1.05. The number of hydrogen-bond acceptors (Lipinski definition) is 5. The quantitative estimate of drug-likeness (QED) is 0.707. The second-order valence-electron chi connectivity index (χ2n) is 4.81. The zero-order chi connectivity index (χ0) is 15.7. The lowest BCUT2D eigenvalue weighted by Gasteiger charge is -2.14. The third-order valence-corrected chi connectivity index (χ3v) is 3.36. The number of aliphatic carboxylic acids is 1. The van der Waals surface area contributed by atoms with Gasteiger partial charge in [0.1, 0.15) is 6.54 Å². The van der Waals surface area contributed by atoms with Gasteiger partial charge in [0.25, 0.3) is 5.56 Å². The molecule has 1 unspecified atom stereocenters. The van der Waals surface area contributed by atoms with Gasteiger partial charge in [0.15, 0.2) is 11.2 Å². The average molecular weight is 295 g/mol. The van der Waals surface area contributed by atoms with Crippen LogP contribution in [0.5, 0.6) is 0 Å². The lowest BCUT2D eigenvalue weighted by molar-refractivity contribution is -0.134. The summed E-state index contributed by atoms with van der Waals surface area (Å²) in [4.78, 5) is 41.8. The van der Waals surface area contributed by atoms with Gasteiger partial charge in [-0.1, -0.05) is 6.92 Å². The number of aromatic nitrogens is 4. The van der Waals surface area contributed by atoms with Crippen LogP contribution in [0.3, 0.4) is 0 Å². The Morgan fingerprint density at radius 3 is 2.71 bits per heavy atom. The van der Waals surface area contributed by atoms with E-state index in [0.29, 0.717) is 6.42 Å². The highest BCUT2D eigenvalue weighted by Gasteiger charge is 2.18. The van der Waals surface area contributed by atoms with Crippen LogP contribution in [-0.2, 0) is 11.8 Å². The van der Waals surface area contributed by atoms with E-state index in [1.165, 1.54) is 11.6 Å². The number of rotatable bonds is 5. The van der Waals surface area contributed by atoms with Crippen molar-refractivity contribution in [2.45, 2.75) is 26.3 Å². The van der Waals surface area contributed by atoms with Crippen molar-refractivity contribution >= 4 is 23.1 Å². The molecule has 9 nitrogen and oxygen atoms in total. The Morgan fingerprint density at radius 2 is 2.14 bits per heavy atom. The maximum absolute atomic E-state index is 12.2. The number of imidazole rings is 1. The molecule has 114 valence electrons. The first kappa shape index (κ1) is 14.8.